The fourth-order valence-electron chi connectivity index (χ4n) is 1.92. The lowest BCUT2D eigenvalue weighted by Gasteiger charge is -2.15. The van der Waals surface area contributed by atoms with Crippen molar-refractivity contribution < 1.29 is 14.6 Å². The van der Waals surface area contributed by atoms with Crippen LogP contribution in [-0.2, 0) is 6.42 Å². The molecule has 0 aliphatic carbocycles. The molecule has 1 aromatic carbocycles. The maximum absolute atomic E-state index is 11.3. The van der Waals surface area contributed by atoms with Crippen molar-refractivity contribution in [2.24, 2.45) is 0 Å². The third kappa shape index (κ3) is 9.05. The van der Waals surface area contributed by atoms with Crippen molar-refractivity contribution in [3.8, 4) is 5.75 Å². The summed E-state index contributed by atoms with van der Waals surface area (Å²) >= 11 is 0. The van der Waals surface area contributed by atoms with Crippen molar-refractivity contribution in [2.45, 2.75) is 39.3 Å². The van der Waals surface area contributed by atoms with Crippen molar-refractivity contribution in [3.05, 3.63) is 29.8 Å². The third-order valence-corrected chi connectivity index (χ3v) is 3.16. The van der Waals surface area contributed by atoms with Gasteiger partial charge in [-0.05, 0) is 31.0 Å². The van der Waals surface area contributed by atoms with Crippen LogP contribution in [0.5, 0.6) is 5.75 Å². The fraction of sp³-hybridized carbons (Fsp3) is 0.588. The van der Waals surface area contributed by atoms with Crippen LogP contribution in [-0.4, -0.2) is 49.5 Å². The molecule has 6 nitrogen and oxygen atoms in total. The maximum atomic E-state index is 11.3. The SMILES string of the molecule is CCNC(=O)NCCc1ccc(OC[C@@H](O)CNC(C)C)cc1. The van der Waals surface area contributed by atoms with Crippen molar-refractivity contribution in [2.75, 3.05) is 26.2 Å². The van der Waals surface area contributed by atoms with Gasteiger partial charge < -0.3 is 25.8 Å². The number of carbonyl (C=O) groups is 1. The molecule has 1 aromatic rings. The van der Waals surface area contributed by atoms with Gasteiger partial charge in [0.25, 0.3) is 0 Å². The predicted molar refractivity (Wildman–Crippen MR) is 91.9 cm³/mol. The second-order valence-corrected chi connectivity index (χ2v) is 5.71. The van der Waals surface area contributed by atoms with Crippen LogP contribution in [0, 0.1) is 0 Å². The normalized spacial score (nSPS) is 12.0. The summed E-state index contributed by atoms with van der Waals surface area (Å²) in [5, 5.41) is 18.4. The molecule has 0 radical (unpaired) electrons. The first kappa shape index (κ1) is 19.3. The molecule has 0 bridgehead atoms. The molecule has 23 heavy (non-hydrogen) atoms. The average molecular weight is 323 g/mol. The van der Waals surface area contributed by atoms with E-state index in [0.717, 1.165) is 17.7 Å². The van der Waals surface area contributed by atoms with Crippen LogP contribution in [0.15, 0.2) is 24.3 Å². The van der Waals surface area contributed by atoms with E-state index in [9.17, 15) is 9.90 Å². The summed E-state index contributed by atoms with van der Waals surface area (Å²) in [7, 11) is 0. The number of rotatable bonds is 10. The molecule has 0 aliphatic rings. The van der Waals surface area contributed by atoms with Crippen LogP contribution in [0.4, 0.5) is 4.79 Å². The maximum Gasteiger partial charge on any atom is 0.314 e. The fourth-order valence-corrected chi connectivity index (χ4v) is 1.92. The van der Waals surface area contributed by atoms with E-state index in [0.29, 0.717) is 25.7 Å². The van der Waals surface area contributed by atoms with E-state index >= 15 is 0 Å². The Morgan fingerprint density at radius 2 is 1.91 bits per heavy atom. The standard InChI is InChI=1S/C17H29N3O3/c1-4-18-17(22)19-10-9-14-5-7-16(8-6-14)23-12-15(21)11-20-13(2)3/h5-8,13,15,20-21H,4,9-12H2,1-3H3,(H2,18,19,22)/t15-/m0/s1. The smallest absolute Gasteiger partial charge is 0.314 e. The lowest BCUT2D eigenvalue weighted by atomic mass is 10.1. The zero-order valence-electron chi connectivity index (χ0n) is 14.3. The number of hydrogen-bond acceptors (Lipinski definition) is 4. The third-order valence-electron chi connectivity index (χ3n) is 3.16. The second kappa shape index (κ2) is 10.9. The van der Waals surface area contributed by atoms with Gasteiger partial charge in [0.2, 0.25) is 0 Å². The van der Waals surface area contributed by atoms with Gasteiger partial charge in [-0.2, -0.15) is 0 Å². The van der Waals surface area contributed by atoms with E-state index in [1.54, 1.807) is 0 Å². The lowest BCUT2D eigenvalue weighted by Crippen LogP contribution is -2.36. The first-order valence-electron chi connectivity index (χ1n) is 8.16. The number of ether oxygens (including phenoxy) is 1. The molecule has 1 rings (SSSR count). The summed E-state index contributed by atoms with van der Waals surface area (Å²) < 4.78 is 5.56. The molecule has 2 amide bonds. The molecule has 0 heterocycles. The molecular weight excluding hydrogens is 294 g/mol. The van der Waals surface area contributed by atoms with Crippen LogP contribution in [0.3, 0.4) is 0 Å². The molecule has 130 valence electrons. The Hall–Kier alpha value is -1.79. The van der Waals surface area contributed by atoms with E-state index < -0.39 is 6.10 Å². The van der Waals surface area contributed by atoms with Gasteiger partial charge in [0.15, 0.2) is 0 Å². The monoisotopic (exact) mass is 323 g/mol. The molecule has 0 aliphatic heterocycles. The van der Waals surface area contributed by atoms with Gasteiger partial charge >= 0.3 is 6.03 Å². The minimum Gasteiger partial charge on any atom is -0.491 e. The van der Waals surface area contributed by atoms with E-state index in [2.05, 4.69) is 16.0 Å². The highest BCUT2D eigenvalue weighted by Gasteiger charge is 2.06. The van der Waals surface area contributed by atoms with Crippen molar-refractivity contribution in [1.82, 2.24) is 16.0 Å². The van der Waals surface area contributed by atoms with E-state index in [-0.39, 0.29) is 12.6 Å². The molecule has 0 spiro atoms. The number of nitrogens with one attached hydrogen (secondary N) is 3. The Morgan fingerprint density at radius 3 is 2.52 bits per heavy atom. The van der Waals surface area contributed by atoms with Crippen LogP contribution in [0.2, 0.25) is 0 Å². The van der Waals surface area contributed by atoms with Gasteiger partial charge in [0.05, 0.1) is 0 Å². The minimum atomic E-state index is -0.529. The Kier molecular flexibility index (Phi) is 9.09. The van der Waals surface area contributed by atoms with Crippen LogP contribution in [0.1, 0.15) is 26.3 Å². The minimum absolute atomic E-state index is 0.142. The van der Waals surface area contributed by atoms with E-state index in [4.69, 9.17) is 4.74 Å². The quantitative estimate of drug-likeness (QED) is 0.523. The summed E-state index contributed by atoms with van der Waals surface area (Å²) in [6, 6.07) is 7.89. The molecule has 0 fully saturated rings. The van der Waals surface area contributed by atoms with Gasteiger partial charge in [-0.1, -0.05) is 26.0 Å². The number of benzene rings is 1. The van der Waals surface area contributed by atoms with Gasteiger partial charge in [-0.25, -0.2) is 4.79 Å². The molecule has 0 unspecified atom stereocenters. The summed E-state index contributed by atoms with van der Waals surface area (Å²) in [5.41, 5.74) is 1.12. The highest BCUT2D eigenvalue weighted by molar-refractivity contribution is 5.73. The summed E-state index contributed by atoms with van der Waals surface area (Å²) in [6.07, 6.45) is 0.233. The molecule has 4 N–H and O–H groups in total. The summed E-state index contributed by atoms with van der Waals surface area (Å²) in [6.45, 7) is 7.94. The summed E-state index contributed by atoms with van der Waals surface area (Å²) in [4.78, 5) is 11.3. The number of aliphatic hydroxyl groups is 1. The van der Waals surface area contributed by atoms with Crippen molar-refractivity contribution >= 4 is 6.03 Å². The van der Waals surface area contributed by atoms with Crippen molar-refractivity contribution in [1.29, 1.82) is 0 Å². The van der Waals surface area contributed by atoms with Gasteiger partial charge in [-0.15, -0.1) is 0 Å². The second-order valence-electron chi connectivity index (χ2n) is 5.71. The van der Waals surface area contributed by atoms with Crippen LogP contribution < -0.4 is 20.7 Å². The molecule has 0 aromatic heterocycles. The molecule has 0 saturated heterocycles. The first-order chi connectivity index (χ1) is 11.0. The number of carbonyl (C=O) groups excluding carboxylic acids is 1. The number of amides is 2. The highest BCUT2D eigenvalue weighted by Crippen LogP contribution is 2.12. The zero-order chi connectivity index (χ0) is 17.1. The summed E-state index contributed by atoms with van der Waals surface area (Å²) in [5.74, 6) is 0.731. The molecule has 1 atom stereocenters. The Balaban J connectivity index is 2.26. The predicted octanol–water partition coefficient (Wildman–Crippen LogP) is 1.29. The molecule has 6 heteroatoms. The van der Waals surface area contributed by atoms with Gasteiger partial charge in [-0.3, -0.25) is 0 Å². The number of hydrogen-bond donors (Lipinski definition) is 4. The Bertz CT molecular complexity index is 449. The average Bonchev–Trinajstić information content (AvgIpc) is 2.52. The van der Waals surface area contributed by atoms with Gasteiger partial charge in [0, 0.05) is 25.7 Å². The van der Waals surface area contributed by atoms with Gasteiger partial charge in [0.1, 0.15) is 18.5 Å². The zero-order valence-corrected chi connectivity index (χ0v) is 14.3. The lowest BCUT2D eigenvalue weighted by molar-refractivity contribution is 0.104. The van der Waals surface area contributed by atoms with Crippen LogP contribution >= 0.6 is 0 Å². The number of aliphatic hydroxyl groups excluding tert-OH is 1. The van der Waals surface area contributed by atoms with E-state index in [1.165, 1.54) is 0 Å². The largest absolute Gasteiger partial charge is 0.491 e. The molecule has 0 saturated carbocycles. The molecular formula is C17H29N3O3. The van der Waals surface area contributed by atoms with E-state index in [1.807, 2.05) is 45.0 Å². The first-order valence-corrected chi connectivity index (χ1v) is 8.16. The Morgan fingerprint density at radius 1 is 1.22 bits per heavy atom. The Labute approximate surface area is 138 Å². The topological polar surface area (TPSA) is 82.6 Å². The highest BCUT2D eigenvalue weighted by atomic mass is 16.5. The van der Waals surface area contributed by atoms with Crippen molar-refractivity contribution in [3.63, 3.8) is 0 Å². The number of urea groups is 1. The van der Waals surface area contributed by atoms with Crippen LogP contribution in [0.25, 0.3) is 0 Å².